The van der Waals surface area contributed by atoms with Gasteiger partial charge >= 0.3 is 0 Å². The van der Waals surface area contributed by atoms with Crippen LogP contribution in [0, 0.1) is 12.7 Å². The zero-order valence-electron chi connectivity index (χ0n) is 12.7. The van der Waals surface area contributed by atoms with Crippen LogP contribution in [0.15, 0.2) is 28.7 Å². The number of rotatable bonds is 6. The molecule has 21 heavy (non-hydrogen) atoms. The topological polar surface area (TPSA) is 29.9 Å². The van der Waals surface area contributed by atoms with Crippen molar-refractivity contribution in [2.24, 2.45) is 0 Å². The van der Waals surface area contributed by atoms with Crippen LogP contribution in [0.3, 0.4) is 0 Å². The Balaban J connectivity index is 2.32. The van der Waals surface area contributed by atoms with E-state index in [1.54, 1.807) is 12.1 Å². The molecular formula is C16H21BrFN3. The molecule has 1 N–H and O–H groups in total. The first-order valence-electron chi connectivity index (χ1n) is 7.27. The molecule has 1 aromatic heterocycles. The largest absolute Gasteiger partial charge is 0.310 e. The number of nitrogens with one attached hydrogen (secondary N) is 1. The van der Waals surface area contributed by atoms with E-state index in [2.05, 4.69) is 40.2 Å². The van der Waals surface area contributed by atoms with Gasteiger partial charge < -0.3 is 5.32 Å². The fraction of sp³-hybridized carbons (Fsp3) is 0.438. The fourth-order valence-electron chi connectivity index (χ4n) is 2.53. The highest BCUT2D eigenvalue weighted by atomic mass is 79.9. The Hall–Kier alpha value is -1.20. The maximum absolute atomic E-state index is 13.5. The number of hydrogen-bond donors (Lipinski definition) is 1. The number of aromatic nitrogens is 2. The van der Waals surface area contributed by atoms with E-state index in [-0.39, 0.29) is 11.9 Å². The van der Waals surface area contributed by atoms with Crippen molar-refractivity contribution in [2.45, 2.75) is 39.8 Å². The van der Waals surface area contributed by atoms with Crippen molar-refractivity contribution in [2.75, 3.05) is 6.54 Å². The van der Waals surface area contributed by atoms with Gasteiger partial charge in [-0.05, 0) is 54.0 Å². The van der Waals surface area contributed by atoms with Crippen LogP contribution in [-0.2, 0) is 13.0 Å². The summed E-state index contributed by atoms with van der Waals surface area (Å²) in [5, 5.41) is 7.95. The number of nitrogens with zero attached hydrogens (tertiary/aromatic N) is 2. The normalized spacial score (nSPS) is 12.6. The van der Waals surface area contributed by atoms with Crippen LogP contribution in [0.2, 0.25) is 0 Å². The quantitative estimate of drug-likeness (QED) is 0.850. The molecule has 0 aliphatic heterocycles. The van der Waals surface area contributed by atoms with Crippen molar-refractivity contribution in [1.29, 1.82) is 0 Å². The van der Waals surface area contributed by atoms with Crippen molar-refractivity contribution in [3.05, 3.63) is 51.5 Å². The van der Waals surface area contributed by atoms with Crippen molar-refractivity contribution < 1.29 is 4.39 Å². The molecule has 0 saturated carbocycles. The van der Waals surface area contributed by atoms with Crippen LogP contribution < -0.4 is 5.32 Å². The Morgan fingerprint density at radius 3 is 2.76 bits per heavy atom. The van der Waals surface area contributed by atoms with Crippen LogP contribution in [0.5, 0.6) is 0 Å². The van der Waals surface area contributed by atoms with Gasteiger partial charge in [0.05, 0.1) is 15.9 Å². The molecule has 0 saturated heterocycles. The van der Waals surface area contributed by atoms with Crippen LogP contribution >= 0.6 is 15.9 Å². The first-order valence-corrected chi connectivity index (χ1v) is 8.06. The highest BCUT2D eigenvalue weighted by molar-refractivity contribution is 9.10. The van der Waals surface area contributed by atoms with Gasteiger partial charge in [0.25, 0.3) is 0 Å². The molecule has 1 heterocycles. The lowest BCUT2D eigenvalue weighted by Gasteiger charge is -2.19. The van der Waals surface area contributed by atoms with Gasteiger partial charge in [0, 0.05) is 19.0 Å². The van der Waals surface area contributed by atoms with E-state index < -0.39 is 0 Å². The van der Waals surface area contributed by atoms with Gasteiger partial charge in [-0.2, -0.15) is 5.10 Å². The molecular weight excluding hydrogens is 333 g/mol. The van der Waals surface area contributed by atoms with Crippen LogP contribution in [0.4, 0.5) is 4.39 Å². The molecule has 2 aromatic rings. The standard InChI is InChI=1S/C16H21BrFN3/c1-4-19-14(12-7-6-8-13(18)9-12)10-15-16(17)11(3)20-21(15)5-2/h6-9,14,19H,4-5,10H2,1-3H3. The van der Waals surface area contributed by atoms with E-state index in [9.17, 15) is 4.39 Å². The Morgan fingerprint density at radius 2 is 2.14 bits per heavy atom. The minimum Gasteiger partial charge on any atom is -0.310 e. The summed E-state index contributed by atoms with van der Waals surface area (Å²) in [6.07, 6.45) is 0.770. The Morgan fingerprint density at radius 1 is 1.38 bits per heavy atom. The van der Waals surface area contributed by atoms with Gasteiger partial charge in [-0.15, -0.1) is 0 Å². The molecule has 0 bridgehead atoms. The lowest BCUT2D eigenvalue weighted by Crippen LogP contribution is -2.24. The second-order valence-corrected chi connectivity index (χ2v) is 5.82. The Labute approximate surface area is 133 Å². The lowest BCUT2D eigenvalue weighted by atomic mass is 10.0. The van der Waals surface area contributed by atoms with Gasteiger partial charge in [-0.3, -0.25) is 4.68 Å². The average molecular weight is 354 g/mol. The molecule has 2 rings (SSSR count). The van der Waals surface area contributed by atoms with Gasteiger partial charge in [-0.1, -0.05) is 19.1 Å². The number of aryl methyl sites for hydroxylation is 2. The van der Waals surface area contributed by atoms with E-state index in [1.807, 2.05) is 17.7 Å². The smallest absolute Gasteiger partial charge is 0.123 e. The van der Waals surface area contributed by atoms with Gasteiger partial charge in [0.15, 0.2) is 0 Å². The van der Waals surface area contributed by atoms with E-state index >= 15 is 0 Å². The number of likely N-dealkylation sites (N-methyl/N-ethyl adjacent to an activating group) is 1. The summed E-state index contributed by atoms with van der Waals surface area (Å²) in [7, 11) is 0. The molecule has 1 aromatic carbocycles. The highest BCUT2D eigenvalue weighted by Gasteiger charge is 2.18. The van der Waals surface area contributed by atoms with Crippen molar-refractivity contribution in [3.8, 4) is 0 Å². The summed E-state index contributed by atoms with van der Waals surface area (Å²) in [6.45, 7) is 7.78. The summed E-state index contributed by atoms with van der Waals surface area (Å²) in [6, 6.07) is 6.86. The second kappa shape index (κ2) is 7.18. The molecule has 0 radical (unpaired) electrons. The van der Waals surface area contributed by atoms with Gasteiger partial charge in [0.1, 0.15) is 5.82 Å². The van der Waals surface area contributed by atoms with E-state index in [1.165, 1.54) is 6.07 Å². The summed E-state index contributed by atoms with van der Waals surface area (Å²) in [5.74, 6) is -0.199. The minimum absolute atomic E-state index is 0.0726. The molecule has 1 atom stereocenters. The first kappa shape index (κ1) is 16.2. The third-order valence-electron chi connectivity index (χ3n) is 3.55. The fourth-order valence-corrected chi connectivity index (χ4v) is 2.98. The third-order valence-corrected chi connectivity index (χ3v) is 4.58. The van der Waals surface area contributed by atoms with Crippen LogP contribution in [0.25, 0.3) is 0 Å². The van der Waals surface area contributed by atoms with E-state index in [0.29, 0.717) is 0 Å². The monoisotopic (exact) mass is 353 g/mol. The first-order chi connectivity index (χ1) is 10.1. The minimum atomic E-state index is -0.199. The van der Waals surface area contributed by atoms with E-state index in [4.69, 9.17) is 0 Å². The maximum atomic E-state index is 13.5. The number of halogens is 2. The third kappa shape index (κ3) is 3.71. The molecule has 0 aliphatic rings. The van der Waals surface area contributed by atoms with Crippen LogP contribution in [-0.4, -0.2) is 16.3 Å². The zero-order valence-corrected chi connectivity index (χ0v) is 14.2. The molecule has 114 valence electrons. The Kier molecular flexibility index (Phi) is 5.53. The van der Waals surface area contributed by atoms with E-state index in [0.717, 1.165) is 40.9 Å². The summed E-state index contributed by atoms with van der Waals surface area (Å²) >= 11 is 3.62. The van der Waals surface area contributed by atoms with Gasteiger partial charge in [0.2, 0.25) is 0 Å². The maximum Gasteiger partial charge on any atom is 0.123 e. The summed E-state index contributed by atoms with van der Waals surface area (Å²) in [5.41, 5.74) is 3.09. The molecule has 1 unspecified atom stereocenters. The van der Waals surface area contributed by atoms with Crippen molar-refractivity contribution >= 4 is 15.9 Å². The zero-order chi connectivity index (χ0) is 15.4. The highest BCUT2D eigenvalue weighted by Crippen LogP contribution is 2.27. The molecule has 5 heteroatoms. The summed E-state index contributed by atoms with van der Waals surface area (Å²) in [4.78, 5) is 0. The predicted molar refractivity (Wildman–Crippen MR) is 86.9 cm³/mol. The van der Waals surface area contributed by atoms with Crippen molar-refractivity contribution in [1.82, 2.24) is 15.1 Å². The van der Waals surface area contributed by atoms with Crippen molar-refractivity contribution in [3.63, 3.8) is 0 Å². The average Bonchev–Trinajstić information content (AvgIpc) is 2.74. The molecule has 3 nitrogen and oxygen atoms in total. The molecule has 0 fully saturated rings. The Bertz CT molecular complexity index is 610. The second-order valence-electron chi connectivity index (χ2n) is 5.03. The molecule has 0 aliphatic carbocycles. The molecule has 0 amide bonds. The predicted octanol–water partition coefficient (Wildman–Crippen LogP) is 4.01. The van der Waals surface area contributed by atoms with Gasteiger partial charge in [-0.25, -0.2) is 4.39 Å². The number of hydrogen-bond acceptors (Lipinski definition) is 2. The number of benzene rings is 1. The van der Waals surface area contributed by atoms with Crippen LogP contribution in [0.1, 0.15) is 36.8 Å². The SMILES string of the molecule is CCNC(Cc1c(Br)c(C)nn1CC)c1cccc(F)c1. The molecule has 0 spiro atoms. The summed E-state index contributed by atoms with van der Waals surface area (Å²) < 4.78 is 16.5. The lowest BCUT2D eigenvalue weighted by molar-refractivity contribution is 0.511.